The van der Waals surface area contributed by atoms with Crippen molar-refractivity contribution in [1.29, 1.82) is 0 Å². The number of carbonyl (C=O) groups is 2. The molecule has 1 aliphatic heterocycles. The first kappa shape index (κ1) is 23.5. The van der Waals surface area contributed by atoms with Crippen LogP contribution >= 0.6 is 0 Å². The van der Waals surface area contributed by atoms with Crippen LogP contribution in [0, 0.1) is 5.92 Å². The molecule has 2 atom stereocenters. The Bertz CT molecular complexity index is 861. The molecule has 0 radical (unpaired) electrons. The van der Waals surface area contributed by atoms with Crippen molar-refractivity contribution in [3.63, 3.8) is 0 Å². The van der Waals surface area contributed by atoms with Crippen LogP contribution < -0.4 is 10.9 Å². The first-order valence-corrected chi connectivity index (χ1v) is 11.9. The van der Waals surface area contributed by atoms with Gasteiger partial charge in [0.25, 0.3) is 11.5 Å². The lowest BCUT2D eigenvalue weighted by atomic mass is 9.95. The van der Waals surface area contributed by atoms with Crippen LogP contribution in [0.1, 0.15) is 80.9 Å². The Balaban J connectivity index is 2.01. The Kier molecular flexibility index (Phi) is 7.92. The summed E-state index contributed by atoms with van der Waals surface area (Å²) in [4.78, 5) is 40.5. The maximum absolute atomic E-state index is 13.5. The Morgan fingerprint density at radius 1 is 1.16 bits per heavy atom. The van der Waals surface area contributed by atoms with Crippen molar-refractivity contribution in [2.24, 2.45) is 5.92 Å². The third kappa shape index (κ3) is 5.37. The number of carbonyl (C=O) groups excluding carboxylic acids is 1. The zero-order chi connectivity index (χ0) is 22.5. The van der Waals surface area contributed by atoms with E-state index in [9.17, 15) is 19.5 Å². The fourth-order valence-corrected chi connectivity index (χ4v) is 5.05. The van der Waals surface area contributed by atoms with Gasteiger partial charge in [-0.3, -0.25) is 14.5 Å². The van der Waals surface area contributed by atoms with Gasteiger partial charge in [-0.1, -0.05) is 33.6 Å². The normalized spacial score (nSPS) is 20.7. The standard InChI is InChI=1S/C24H37N3O4/c1-4-26-13-9-11-18(26)15-27-20-12-8-6-5-7-10-17(20)14-19(23(27)29)22(28)25-21(16(2)3)24(30)31/h14,16,18,21H,4-13,15H2,1-3H3,(H,25,28)(H,30,31)/t18?,21-/m0/s1. The molecular formula is C24H37N3O4. The van der Waals surface area contributed by atoms with Crippen molar-refractivity contribution >= 4 is 11.9 Å². The summed E-state index contributed by atoms with van der Waals surface area (Å²) < 4.78 is 1.85. The van der Waals surface area contributed by atoms with Gasteiger partial charge in [0, 0.05) is 18.3 Å². The second-order valence-corrected chi connectivity index (χ2v) is 9.32. The van der Waals surface area contributed by atoms with Gasteiger partial charge in [-0.2, -0.15) is 0 Å². The molecule has 1 aromatic heterocycles. The fourth-order valence-electron chi connectivity index (χ4n) is 5.05. The molecule has 1 aromatic rings. The topological polar surface area (TPSA) is 91.6 Å². The van der Waals surface area contributed by atoms with E-state index in [1.54, 1.807) is 19.9 Å². The number of aromatic nitrogens is 1. The second-order valence-electron chi connectivity index (χ2n) is 9.32. The summed E-state index contributed by atoms with van der Waals surface area (Å²) in [6.45, 7) is 8.24. The molecule has 1 aliphatic carbocycles. The number of rotatable bonds is 7. The van der Waals surface area contributed by atoms with Crippen molar-refractivity contribution in [1.82, 2.24) is 14.8 Å². The summed E-state index contributed by atoms with van der Waals surface area (Å²) in [5.41, 5.74) is 1.93. The molecule has 1 unspecified atom stereocenters. The van der Waals surface area contributed by atoms with E-state index >= 15 is 0 Å². The molecule has 0 saturated carbocycles. The van der Waals surface area contributed by atoms with E-state index in [0.29, 0.717) is 12.6 Å². The SMILES string of the molecule is CCN1CCCC1Cn1c2c(cc(C(=O)N[C@H](C(=O)O)C(C)C)c1=O)CCCCCC2. The molecule has 1 fully saturated rings. The third-order valence-corrected chi connectivity index (χ3v) is 6.86. The van der Waals surface area contributed by atoms with Gasteiger partial charge in [-0.05, 0) is 69.2 Å². The van der Waals surface area contributed by atoms with Crippen LogP contribution in [-0.4, -0.2) is 51.6 Å². The molecular weight excluding hydrogens is 394 g/mol. The van der Waals surface area contributed by atoms with E-state index in [0.717, 1.165) is 75.7 Å². The monoisotopic (exact) mass is 431 g/mol. The minimum Gasteiger partial charge on any atom is -0.480 e. The lowest BCUT2D eigenvalue weighted by molar-refractivity contribution is -0.140. The average Bonchev–Trinajstić information content (AvgIpc) is 3.15. The van der Waals surface area contributed by atoms with Crippen molar-refractivity contribution in [2.45, 2.75) is 90.8 Å². The van der Waals surface area contributed by atoms with Crippen LogP contribution in [0.25, 0.3) is 0 Å². The maximum Gasteiger partial charge on any atom is 0.326 e. The van der Waals surface area contributed by atoms with Crippen LogP contribution in [0.15, 0.2) is 10.9 Å². The highest BCUT2D eigenvalue weighted by Gasteiger charge is 2.29. The molecule has 0 bridgehead atoms. The number of likely N-dealkylation sites (tertiary alicyclic amines) is 1. The number of fused-ring (bicyclic) bond motifs is 1. The van der Waals surface area contributed by atoms with Gasteiger partial charge >= 0.3 is 5.97 Å². The molecule has 2 N–H and O–H groups in total. The van der Waals surface area contributed by atoms with Gasteiger partial charge in [0.1, 0.15) is 11.6 Å². The Hall–Kier alpha value is -2.15. The lowest BCUT2D eigenvalue weighted by Gasteiger charge is -2.27. The zero-order valence-corrected chi connectivity index (χ0v) is 19.2. The molecule has 7 heteroatoms. The fraction of sp³-hybridized carbons (Fsp3) is 0.708. The van der Waals surface area contributed by atoms with E-state index in [1.165, 1.54) is 0 Å². The Morgan fingerprint density at radius 3 is 2.52 bits per heavy atom. The van der Waals surface area contributed by atoms with Gasteiger partial charge in [0.15, 0.2) is 0 Å². The highest BCUT2D eigenvalue weighted by molar-refractivity contribution is 5.96. The van der Waals surface area contributed by atoms with E-state index in [-0.39, 0.29) is 17.0 Å². The Labute approximate surface area is 184 Å². The van der Waals surface area contributed by atoms with Crippen LogP contribution in [0.5, 0.6) is 0 Å². The lowest BCUT2D eigenvalue weighted by Crippen LogP contribution is -2.47. The number of carboxylic acids is 1. The summed E-state index contributed by atoms with van der Waals surface area (Å²) in [6, 6.07) is 1.02. The van der Waals surface area contributed by atoms with Gasteiger partial charge in [0.2, 0.25) is 0 Å². The second kappa shape index (κ2) is 10.4. The van der Waals surface area contributed by atoms with Gasteiger partial charge in [-0.25, -0.2) is 4.79 Å². The number of nitrogens with one attached hydrogen (secondary N) is 1. The van der Waals surface area contributed by atoms with Crippen LogP contribution in [0.4, 0.5) is 0 Å². The Morgan fingerprint density at radius 2 is 1.87 bits per heavy atom. The van der Waals surface area contributed by atoms with Gasteiger partial charge in [0.05, 0.1) is 0 Å². The van der Waals surface area contributed by atoms with Crippen LogP contribution in [-0.2, 0) is 24.2 Å². The first-order chi connectivity index (χ1) is 14.8. The van der Waals surface area contributed by atoms with Crippen LogP contribution in [0.2, 0.25) is 0 Å². The van der Waals surface area contributed by atoms with Gasteiger partial charge in [-0.15, -0.1) is 0 Å². The van der Waals surface area contributed by atoms with E-state index < -0.39 is 17.9 Å². The minimum absolute atomic E-state index is 0.0762. The number of aliphatic carboxylic acids is 1. The third-order valence-electron chi connectivity index (χ3n) is 6.86. The maximum atomic E-state index is 13.5. The quantitative estimate of drug-likeness (QED) is 0.693. The highest BCUT2D eigenvalue weighted by Crippen LogP contribution is 2.23. The van der Waals surface area contributed by atoms with Crippen molar-refractivity contribution < 1.29 is 14.7 Å². The molecule has 2 heterocycles. The molecule has 3 rings (SSSR count). The first-order valence-electron chi connectivity index (χ1n) is 11.9. The summed E-state index contributed by atoms with van der Waals surface area (Å²) >= 11 is 0. The molecule has 31 heavy (non-hydrogen) atoms. The predicted octanol–water partition coefficient (Wildman–Crippen LogP) is 2.83. The molecule has 1 amide bonds. The summed E-state index contributed by atoms with van der Waals surface area (Å²) in [5.74, 6) is -1.94. The highest BCUT2D eigenvalue weighted by atomic mass is 16.4. The van der Waals surface area contributed by atoms with E-state index in [4.69, 9.17) is 0 Å². The smallest absolute Gasteiger partial charge is 0.326 e. The number of hydrogen-bond acceptors (Lipinski definition) is 4. The largest absolute Gasteiger partial charge is 0.480 e. The number of nitrogens with zero attached hydrogens (tertiary/aromatic N) is 2. The molecule has 2 aliphatic rings. The average molecular weight is 432 g/mol. The van der Waals surface area contributed by atoms with Crippen molar-refractivity contribution in [2.75, 3.05) is 13.1 Å². The number of amides is 1. The van der Waals surface area contributed by atoms with Gasteiger partial charge < -0.3 is 15.0 Å². The van der Waals surface area contributed by atoms with E-state index in [1.807, 2.05) is 4.57 Å². The summed E-state index contributed by atoms with van der Waals surface area (Å²) in [7, 11) is 0. The van der Waals surface area contributed by atoms with Crippen molar-refractivity contribution in [3.05, 3.63) is 33.2 Å². The molecule has 0 aromatic carbocycles. The zero-order valence-electron chi connectivity index (χ0n) is 19.2. The number of pyridine rings is 1. The molecule has 7 nitrogen and oxygen atoms in total. The predicted molar refractivity (Wildman–Crippen MR) is 121 cm³/mol. The molecule has 172 valence electrons. The molecule has 0 spiro atoms. The minimum atomic E-state index is -1.08. The molecule has 1 saturated heterocycles. The summed E-state index contributed by atoms with van der Waals surface area (Å²) in [5, 5.41) is 12.1. The number of likely N-dealkylation sites (N-methyl/N-ethyl adjacent to an activating group) is 1. The van der Waals surface area contributed by atoms with Crippen molar-refractivity contribution in [3.8, 4) is 0 Å². The summed E-state index contributed by atoms with van der Waals surface area (Å²) in [6.07, 6.45) is 8.30. The van der Waals surface area contributed by atoms with E-state index in [2.05, 4.69) is 17.1 Å². The number of aryl methyl sites for hydroxylation is 1. The number of carboxylic acid groups (broad SMARTS) is 1. The number of hydrogen-bond donors (Lipinski definition) is 2. The van der Waals surface area contributed by atoms with Crippen LogP contribution in [0.3, 0.4) is 0 Å².